The lowest BCUT2D eigenvalue weighted by Gasteiger charge is -2.10. The number of nitriles is 1. The maximum absolute atomic E-state index is 12.2. The summed E-state index contributed by atoms with van der Waals surface area (Å²) in [5, 5.41) is 9.07. The van der Waals surface area contributed by atoms with Gasteiger partial charge in [0.1, 0.15) is 11.6 Å². The number of nitrogens with zero attached hydrogens (tertiary/aromatic N) is 2. The minimum Gasteiger partial charge on any atom is -0.283 e. The molecule has 0 unspecified atom stereocenters. The monoisotopic (exact) mass is 302 g/mol. The maximum atomic E-state index is 12.2. The molecule has 90 valence electrons. The second-order valence-electron chi connectivity index (χ2n) is 4.08. The average Bonchev–Trinajstić information content (AvgIpc) is 2.36. The van der Waals surface area contributed by atoms with E-state index in [0.717, 1.165) is 21.3 Å². The van der Waals surface area contributed by atoms with Crippen molar-refractivity contribution < 1.29 is 0 Å². The van der Waals surface area contributed by atoms with Gasteiger partial charge in [0.2, 0.25) is 0 Å². The molecule has 1 aromatic carbocycles. The first-order valence-electron chi connectivity index (χ1n) is 5.43. The molecule has 0 radical (unpaired) electrons. The maximum Gasteiger partial charge on any atom is 0.273 e. The predicted molar refractivity (Wildman–Crippen MR) is 73.9 cm³/mol. The van der Waals surface area contributed by atoms with Crippen molar-refractivity contribution in [2.45, 2.75) is 13.8 Å². The molecule has 0 fully saturated rings. The normalized spacial score (nSPS) is 10.1. The van der Waals surface area contributed by atoms with Crippen molar-refractivity contribution >= 4 is 15.9 Å². The number of aryl methyl sites for hydroxylation is 1. The molecule has 0 bridgehead atoms. The molecule has 2 aromatic rings. The van der Waals surface area contributed by atoms with Gasteiger partial charge in [-0.1, -0.05) is 15.9 Å². The van der Waals surface area contributed by atoms with Gasteiger partial charge < -0.3 is 0 Å². The summed E-state index contributed by atoms with van der Waals surface area (Å²) in [5.74, 6) is 0. The van der Waals surface area contributed by atoms with E-state index in [4.69, 9.17) is 5.26 Å². The second-order valence-corrected chi connectivity index (χ2v) is 4.99. The van der Waals surface area contributed by atoms with Crippen molar-refractivity contribution in [2.75, 3.05) is 0 Å². The molecule has 0 amide bonds. The Morgan fingerprint density at radius 1 is 1.22 bits per heavy atom. The zero-order chi connectivity index (χ0) is 13.3. The standard InChI is InChI=1S/C14H11BrN2O/c1-9-8-17(12-5-3-11(15)4-6-12)14(18)13(7-16)10(9)2/h3-6,8H,1-2H3. The minimum absolute atomic E-state index is 0.206. The van der Waals surface area contributed by atoms with Crippen LogP contribution in [0.4, 0.5) is 0 Å². The SMILES string of the molecule is Cc1cn(-c2ccc(Br)cc2)c(=O)c(C#N)c1C. The number of pyridine rings is 1. The molecule has 1 aromatic heterocycles. The van der Waals surface area contributed by atoms with Gasteiger partial charge in [0.25, 0.3) is 5.56 Å². The van der Waals surface area contributed by atoms with Gasteiger partial charge in [-0.25, -0.2) is 0 Å². The van der Waals surface area contributed by atoms with Gasteiger partial charge in [-0.2, -0.15) is 5.26 Å². The fraction of sp³-hybridized carbons (Fsp3) is 0.143. The lowest BCUT2D eigenvalue weighted by Crippen LogP contribution is -2.22. The molecular weight excluding hydrogens is 292 g/mol. The quantitative estimate of drug-likeness (QED) is 0.812. The zero-order valence-corrected chi connectivity index (χ0v) is 11.7. The smallest absolute Gasteiger partial charge is 0.273 e. The molecule has 2 rings (SSSR count). The van der Waals surface area contributed by atoms with E-state index < -0.39 is 0 Å². The van der Waals surface area contributed by atoms with E-state index in [0.29, 0.717) is 0 Å². The fourth-order valence-corrected chi connectivity index (χ4v) is 2.02. The van der Waals surface area contributed by atoms with Crippen molar-refractivity contribution in [3.63, 3.8) is 0 Å². The Morgan fingerprint density at radius 2 is 1.83 bits per heavy atom. The summed E-state index contributed by atoms with van der Waals surface area (Å²) in [6.07, 6.45) is 1.77. The van der Waals surface area contributed by atoms with Crippen LogP contribution < -0.4 is 5.56 Å². The van der Waals surface area contributed by atoms with Gasteiger partial charge in [0.05, 0.1) is 0 Å². The van der Waals surface area contributed by atoms with Crippen LogP contribution in [0.2, 0.25) is 0 Å². The van der Waals surface area contributed by atoms with Crippen LogP contribution in [0.15, 0.2) is 39.7 Å². The molecule has 0 aliphatic heterocycles. The van der Waals surface area contributed by atoms with Crippen molar-refractivity contribution in [1.29, 1.82) is 5.26 Å². The molecule has 4 heteroatoms. The van der Waals surface area contributed by atoms with E-state index in [1.165, 1.54) is 4.57 Å². The number of aromatic nitrogens is 1. The predicted octanol–water partition coefficient (Wildman–Crippen LogP) is 3.09. The fourth-order valence-electron chi connectivity index (χ4n) is 1.75. The number of benzene rings is 1. The number of halogens is 1. The molecule has 0 atom stereocenters. The Bertz CT molecular complexity index is 693. The molecule has 18 heavy (non-hydrogen) atoms. The van der Waals surface area contributed by atoms with Crippen LogP contribution in [0.25, 0.3) is 5.69 Å². The van der Waals surface area contributed by atoms with E-state index in [9.17, 15) is 4.79 Å². The van der Waals surface area contributed by atoms with Crippen LogP contribution in [0, 0.1) is 25.2 Å². The van der Waals surface area contributed by atoms with E-state index in [1.807, 2.05) is 37.3 Å². The molecule has 0 aliphatic carbocycles. The highest BCUT2D eigenvalue weighted by atomic mass is 79.9. The van der Waals surface area contributed by atoms with Crippen LogP contribution in [0.5, 0.6) is 0 Å². The van der Waals surface area contributed by atoms with Crippen LogP contribution in [0.1, 0.15) is 16.7 Å². The first-order valence-corrected chi connectivity index (χ1v) is 6.23. The van der Waals surface area contributed by atoms with Crippen molar-refractivity contribution in [1.82, 2.24) is 4.57 Å². The Labute approximate surface area is 113 Å². The summed E-state index contributed by atoms with van der Waals surface area (Å²) in [7, 11) is 0. The van der Waals surface area contributed by atoms with Gasteiger partial charge in [0, 0.05) is 16.4 Å². The van der Waals surface area contributed by atoms with E-state index >= 15 is 0 Å². The highest BCUT2D eigenvalue weighted by molar-refractivity contribution is 9.10. The first kappa shape index (κ1) is 12.6. The highest BCUT2D eigenvalue weighted by Crippen LogP contribution is 2.15. The Hall–Kier alpha value is -1.86. The van der Waals surface area contributed by atoms with Crippen LogP contribution >= 0.6 is 15.9 Å². The van der Waals surface area contributed by atoms with E-state index in [-0.39, 0.29) is 11.1 Å². The van der Waals surface area contributed by atoms with Gasteiger partial charge in [-0.3, -0.25) is 9.36 Å². The topological polar surface area (TPSA) is 45.8 Å². The second kappa shape index (κ2) is 4.79. The van der Waals surface area contributed by atoms with Crippen molar-refractivity contribution in [3.8, 4) is 11.8 Å². The Morgan fingerprint density at radius 3 is 2.39 bits per heavy atom. The molecule has 0 saturated carbocycles. The van der Waals surface area contributed by atoms with Gasteiger partial charge >= 0.3 is 0 Å². The van der Waals surface area contributed by atoms with Crippen LogP contribution in [-0.2, 0) is 0 Å². The van der Waals surface area contributed by atoms with Gasteiger partial charge in [-0.05, 0) is 49.2 Å². The van der Waals surface area contributed by atoms with Gasteiger partial charge in [0.15, 0.2) is 0 Å². The average molecular weight is 303 g/mol. The molecular formula is C14H11BrN2O. The van der Waals surface area contributed by atoms with Crippen molar-refractivity contribution in [3.05, 3.63) is 62.0 Å². The molecule has 0 aliphatic rings. The summed E-state index contributed by atoms with van der Waals surface area (Å²) in [6.45, 7) is 3.69. The summed E-state index contributed by atoms with van der Waals surface area (Å²) in [4.78, 5) is 12.2. The number of rotatable bonds is 1. The third kappa shape index (κ3) is 2.09. The van der Waals surface area contributed by atoms with Crippen LogP contribution in [0.3, 0.4) is 0 Å². The highest BCUT2D eigenvalue weighted by Gasteiger charge is 2.10. The van der Waals surface area contributed by atoms with Crippen LogP contribution in [-0.4, -0.2) is 4.57 Å². The van der Waals surface area contributed by atoms with E-state index in [1.54, 1.807) is 13.1 Å². The number of hydrogen-bond acceptors (Lipinski definition) is 2. The van der Waals surface area contributed by atoms with E-state index in [2.05, 4.69) is 15.9 Å². The summed E-state index contributed by atoms with van der Waals surface area (Å²) < 4.78 is 2.46. The Kier molecular flexibility index (Phi) is 3.35. The molecule has 3 nitrogen and oxygen atoms in total. The summed E-state index contributed by atoms with van der Waals surface area (Å²) in [5.41, 5.74) is 2.36. The van der Waals surface area contributed by atoms with Gasteiger partial charge in [-0.15, -0.1) is 0 Å². The lowest BCUT2D eigenvalue weighted by molar-refractivity contribution is 0.956. The molecule has 0 spiro atoms. The Balaban J connectivity index is 2.74. The third-order valence-electron chi connectivity index (χ3n) is 2.94. The molecule has 0 saturated heterocycles. The number of hydrogen-bond donors (Lipinski definition) is 0. The third-order valence-corrected chi connectivity index (χ3v) is 3.47. The zero-order valence-electron chi connectivity index (χ0n) is 10.1. The minimum atomic E-state index is -0.275. The van der Waals surface area contributed by atoms with Crippen molar-refractivity contribution in [2.24, 2.45) is 0 Å². The first-order chi connectivity index (χ1) is 8.54. The largest absolute Gasteiger partial charge is 0.283 e. The molecule has 0 N–H and O–H groups in total. The summed E-state index contributed by atoms with van der Waals surface area (Å²) in [6, 6.07) is 9.38. The summed E-state index contributed by atoms with van der Waals surface area (Å²) >= 11 is 3.35. The lowest BCUT2D eigenvalue weighted by atomic mass is 10.1. The molecule has 1 heterocycles.